The van der Waals surface area contributed by atoms with E-state index in [2.05, 4.69) is 75.1 Å². The quantitative estimate of drug-likeness (QED) is 0.365. The Balaban J connectivity index is 1.79. The lowest BCUT2D eigenvalue weighted by Gasteiger charge is -2.26. The third-order valence-corrected chi connectivity index (χ3v) is 7.11. The fraction of sp³-hybridized carbons (Fsp3) is 0.308. The van der Waals surface area contributed by atoms with E-state index in [4.69, 9.17) is 17.2 Å². The first kappa shape index (κ1) is 18.8. The van der Waals surface area contributed by atoms with Gasteiger partial charge in [-0.15, -0.1) is 0 Å². The van der Waals surface area contributed by atoms with Gasteiger partial charge in [-0.1, -0.05) is 79.9 Å². The van der Waals surface area contributed by atoms with Crippen molar-refractivity contribution >= 4 is 29.1 Å². The summed E-state index contributed by atoms with van der Waals surface area (Å²) in [6, 6.07) is 22.1. The highest BCUT2D eigenvalue weighted by molar-refractivity contribution is 7.71. The maximum absolute atomic E-state index is 5.75. The summed E-state index contributed by atoms with van der Waals surface area (Å²) in [6.07, 6.45) is 6.28. The molecule has 1 aliphatic heterocycles. The van der Waals surface area contributed by atoms with Crippen molar-refractivity contribution in [2.45, 2.75) is 44.7 Å². The number of rotatable bonds is 3. The highest BCUT2D eigenvalue weighted by Crippen LogP contribution is 2.47. The molecule has 0 unspecified atom stereocenters. The maximum Gasteiger partial charge on any atom is 0.203 e. The maximum atomic E-state index is 5.75. The van der Waals surface area contributed by atoms with Gasteiger partial charge >= 0.3 is 0 Å². The molecule has 5 heteroatoms. The molecule has 31 heavy (non-hydrogen) atoms. The minimum atomic E-state index is 0.454. The van der Waals surface area contributed by atoms with Crippen LogP contribution >= 0.6 is 12.2 Å². The van der Waals surface area contributed by atoms with Gasteiger partial charge in [-0.05, 0) is 36.2 Å². The molecule has 1 N–H and O–H groups in total. The summed E-state index contributed by atoms with van der Waals surface area (Å²) < 4.78 is 5.38. The highest BCUT2D eigenvalue weighted by Gasteiger charge is 2.30. The number of anilines is 1. The second-order valence-corrected chi connectivity index (χ2v) is 9.00. The largest absolute Gasteiger partial charge is 0.369 e. The Labute approximate surface area is 187 Å². The molecule has 0 spiro atoms. The molecule has 2 aromatic carbocycles. The molecule has 3 heterocycles. The van der Waals surface area contributed by atoms with Gasteiger partial charge in [-0.2, -0.15) is 0 Å². The Bertz CT molecular complexity index is 1300. The van der Waals surface area contributed by atoms with Crippen molar-refractivity contribution < 1.29 is 0 Å². The molecule has 0 amide bonds. The molecular weight excluding hydrogens is 400 g/mol. The van der Waals surface area contributed by atoms with Crippen LogP contribution in [0.2, 0.25) is 0 Å². The van der Waals surface area contributed by atoms with E-state index in [-0.39, 0.29) is 0 Å². The number of nitrogens with zero attached hydrogens (tertiary/aromatic N) is 3. The van der Waals surface area contributed by atoms with Crippen molar-refractivity contribution in [3.05, 3.63) is 65.4 Å². The molecule has 156 valence electrons. The second kappa shape index (κ2) is 7.65. The van der Waals surface area contributed by atoms with Gasteiger partial charge in [0.1, 0.15) is 11.5 Å². The summed E-state index contributed by atoms with van der Waals surface area (Å²) in [5, 5.41) is 4.84. The number of nitrogens with one attached hydrogen (secondary N) is 1. The van der Waals surface area contributed by atoms with E-state index in [1.165, 1.54) is 59.9 Å². The van der Waals surface area contributed by atoms with Crippen LogP contribution < -0.4 is 5.32 Å². The molecule has 2 aromatic heterocycles. The Kier molecular flexibility index (Phi) is 4.64. The predicted molar refractivity (Wildman–Crippen MR) is 130 cm³/mol. The first-order chi connectivity index (χ1) is 15.3. The Morgan fingerprint density at radius 1 is 0.871 bits per heavy atom. The van der Waals surface area contributed by atoms with Gasteiger partial charge in [0.15, 0.2) is 0 Å². The fourth-order valence-corrected chi connectivity index (χ4v) is 5.70. The Hall–Kier alpha value is -2.92. The van der Waals surface area contributed by atoms with E-state index in [0.29, 0.717) is 10.8 Å². The zero-order chi connectivity index (χ0) is 20.8. The second-order valence-electron chi connectivity index (χ2n) is 8.64. The molecule has 1 aliphatic carbocycles. The normalized spacial score (nSPS) is 16.4. The van der Waals surface area contributed by atoms with Crippen LogP contribution in [-0.4, -0.2) is 20.7 Å². The standard InChI is InChI=1S/C26H26N4S/c31-26-28-25-22(24-27-16-17-29(24)26)21(18-10-4-1-5-11-18)23(19-12-6-2-7-13-19)30(25)20-14-8-3-9-15-20/h1-2,4-7,10-13,20,27H,3,8-9,14-17H2. The molecule has 0 bridgehead atoms. The van der Waals surface area contributed by atoms with Crippen molar-refractivity contribution in [3.8, 4) is 22.4 Å². The van der Waals surface area contributed by atoms with Crippen molar-refractivity contribution in [2.75, 3.05) is 11.9 Å². The summed E-state index contributed by atoms with van der Waals surface area (Å²) in [4.78, 5) is 5.06. The molecule has 1 saturated carbocycles. The van der Waals surface area contributed by atoms with Gasteiger partial charge in [0.25, 0.3) is 0 Å². The molecule has 1 fully saturated rings. The lowest BCUT2D eigenvalue weighted by atomic mass is 9.94. The van der Waals surface area contributed by atoms with Crippen molar-refractivity contribution in [1.82, 2.24) is 14.1 Å². The average Bonchev–Trinajstić information content (AvgIpc) is 3.44. The smallest absolute Gasteiger partial charge is 0.203 e. The molecule has 4 nitrogen and oxygen atoms in total. The summed E-state index contributed by atoms with van der Waals surface area (Å²) in [5.74, 6) is 1.13. The lowest BCUT2D eigenvalue weighted by Crippen LogP contribution is -2.15. The van der Waals surface area contributed by atoms with E-state index in [1.807, 2.05) is 0 Å². The van der Waals surface area contributed by atoms with E-state index in [1.54, 1.807) is 0 Å². The zero-order valence-electron chi connectivity index (χ0n) is 17.6. The SMILES string of the molecule is S=c1nc2c(c(-c3ccccc3)c(-c3ccccc3)n2C2CCCCC2)c2n1CCN2. The number of fused-ring (bicyclic) bond motifs is 3. The summed E-state index contributed by atoms with van der Waals surface area (Å²) in [5.41, 5.74) is 6.06. The first-order valence-corrected chi connectivity index (χ1v) is 11.8. The monoisotopic (exact) mass is 426 g/mol. The Morgan fingerprint density at radius 3 is 2.26 bits per heavy atom. The number of hydrogen-bond acceptors (Lipinski definition) is 3. The van der Waals surface area contributed by atoms with E-state index >= 15 is 0 Å². The van der Waals surface area contributed by atoms with E-state index in [0.717, 1.165) is 24.6 Å². The van der Waals surface area contributed by atoms with Gasteiger partial charge < -0.3 is 14.5 Å². The van der Waals surface area contributed by atoms with Crippen molar-refractivity contribution in [1.29, 1.82) is 0 Å². The number of benzene rings is 2. The summed E-state index contributed by atoms with van der Waals surface area (Å²) in [7, 11) is 0. The molecule has 6 rings (SSSR count). The van der Waals surface area contributed by atoms with Crippen LogP contribution in [0.1, 0.15) is 38.1 Å². The van der Waals surface area contributed by atoms with E-state index < -0.39 is 0 Å². The van der Waals surface area contributed by atoms with Crippen molar-refractivity contribution in [3.63, 3.8) is 0 Å². The van der Waals surface area contributed by atoms with Gasteiger partial charge in [-0.3, -0.25) is 0 Å². The Morgan fingerprint density at radius 2 is 1.55 bits per heavy atom. The van der Waals surface area contributed by atoms with Gasteiger partial charge in [0, 0.05) is 24.7 Å². The number of aromatic nitrogens is 3. The highest BCUT2D eigenvalue weighted by atomic mass is 32.1. The van der Waals surface area contributed by atoms with Crippen LogP contribution in [0.15, 0.2) is 60.7 Å². The zero-order valence-corrected chi connectivity index (χ0v) is 18.4. The summed E-state index contributed by atoms with van der Waals surface area (Å²) >= 11 is 5.75. The van der Waals surface area contributed by atoms with Crippen LogP contribution in [0.3, 0.4) is 0 Å². The molecule has 2 aliphatic rings. The van der Waals surface area contributed by atoms with Crippen LogP contribution in [0.25, 0.3) is 33.4 Å². The van der Waals surface area contributed by atoms with Gasteiger partial charge in [0.2, 0.25) is 4.77 Å². The van der Waals surface area contributed by atoms with Crippen LogP contribution in [0, 0.1) is 4.77 Å². The third kappa shape index (κ3) is 3.02. The lowest BCUT2D eigenvalue weighted by molar-refractivity contribution is 0.362. The molecule has 0 atom stereocenters. The third-order valence-electron chi connectivity index (χ3n) is 6.80. The molecular formula is C26H26N4S. The molecule has 0 saturated heterocycles. The average molecular weight is 427 g/mol. The molecule has 0 radical (unpaired) electrons. The van der Waals surface area contributed by atoms with E-state index in [9.17, 15) is 0 Å². The minimum Gasteiger partial charge on any atom is -0.369 e. The molecule has 4 aromatic rings. The number of hydrogen-bond donors (Lipinski definition) is 1. The topological polar surface area (TPSA) is 34.8 Å². The van der Waals surface area contributed by atoms with Crippen molar-refractivity contribution in [2.24, 2.45) is 0 Å². The van der Waals surface area contributed by atoms with Crippen LogP contribution in [0.4, 0.5) is 5.82 Å². The van der Waals surface area contributed by atoms with Crippen LogP contribution in [0.5, 0.6) is 0 Å². The van der Waals surface area contributed by atoms with Gasteiger partial charge in [0.05, 0.1) is 11.1 Å². The first-order valence-electron chi connectivity index (χ1n) is 11.4. The summed E-state index contributed by atoms with van der Waals surface area (Å²) in [6.45, 7) is 1.77. The van der Waals surface area contributed by atoms with Crippen LogP contribution in [-0.2, 0) is 6.54 Å². The fourth-order valence-electron chi connectivity index (χ4n) is 5.43. The minimum absolute atomic E-state index is 0.454. The predicted octanol–water partition coefficient (Wildman–Crippen LogP) is 6.83. The van der Waals surface area contributed by atoms with Gasteiger partial charge in [-0.25, -0.2) is 4.98 Å².